The van der Waals surface area contributed by atoms with Gasteiger partial charge in [0.25, 0.3) is 0 Å². The maximum atomic E-state index is 3.07. The Labute approximate surface area is 225 Å². The van der Waals surface area contributed by atoms with Crippen molar-refractivity contribution >= 4 is 33.1 Å². The molecule has 2 saturated carbocycles. The van der Waals surface area contributed by atoms with Gasteiger partial charge < -0.3 is 0 Å². The van der Waals surface area contributed by atoms with E-state index in [1.165, 1.54) is 0 Å². The molecule has 0 bridgehead atoms. The van der Waals surface area contributed by atoms with Gasteiger partial charge in [-0.25, -0.2) is 0 Å². The molecule has 31 heavy (non-hydrogen) atoms. The van der Waals surface area contributed by atoms with Crippen LogP contribution in [0.15, 0.2) is 0 Å². The van der Waals surface area contributed by atoms with Gasteiger partial charge in [-0.05, 0) is 86.1 Å². The summed E-state index contributed by atoms with van der Waals surface area (Å²) < 4.78 is 0. The van der Waals surface area contributed by atoms with E-state index in [4.69, 9.17) is 0 Å². The maximum absolute atomic E-state index is 3.07. The molecule has 5 heteroatoms. The van der Waals surface area contributed by atoms with Gasteiger partial charge in [-0.1, -0.05) is 81.6 Å². The topological polar surface area (TPSA) is 0 Å². The molecule has 0 N–H and O–H groups in total. The van der Waals surface area contributed by atoms with Gasteiger partial charge in [-0.3, -0.25) is 0 Å². The van der Waals surface area contributed by atoms with Crippen LogP contribution in [-0.4, -0.2) is 15.5 Å². The van der Waals surface area contributed by atoms with Crippen molar-refractivity contribution < 1.29 is 26.2 Å². The van der Waals surface area contributed by atoms with Crippen molar-refractivity contribution in [2.45, 2.75) is 91.7 Å². The van der Waals surface area contributed by atoms with E-state index >= 15 is 0 Å². The average Bonchev–Trinajstić information content (AvgIpc) is 3.31. The Morgan fingerprint density at radius 1 is 0.484 bits per heavy atom. The van der Waals surface area contributed by atoms with Gasteiger partial charge in [-0.2, -0.15) is 0 Å². The zero-order valence-electron chi connectivity index (χ0n) is 22.6. The molecular weight excluding hydrogens is 522 g/mol. The summed E-state index contributed by atoms with van der Waals surface area (Å²) in [5, 5.41) is 1.08. The van der Waals surface area contributed by atoms with Crippen molar-refractivity contribution in [1.82, 2.24) is 0 Å². The first-order valence-corrected chi connectivity index (χ1v) is 20.9. The summed E-state index contributed by atoms with van der Waals surface area (Å²) in [4.78, 5) is 0. The smallest absolute Gasteiger partial charge is 0.148 e. The number of rotatable bonds is 4. The second kappa shape index (κ2) is 17.6. The number of hydrogen-bond donors (Lipinski definition) is 0. The summed E-state index contributed by atoms with van der Waals surface area (Å²) in [5.41, 5.74) is 0. The molecule has 2 fully saturated rings. The molecule has 2 atom stereocenters. The third-order valence-electron chi connectivity index (χ3n) is 7.32. The first-order valence-electron chi connectivity index (χ1n) is 11.3. The predicted octanol–water partition coefficient (Wildman–Crippen LogP) is 9.05. The SMILES string of the molecule is CC(C)C(C)(C)[Si](C)(C)P.CC(C)C(C)(C)[Si](C)(C)P.[CH]1[CH][CH][CH][CH]1.[CH]1[CH][CH][CH][CH]1.[Zr+2]. The van der Waals surface area contributed by atoms with Crippen molar-refractivity contribution in [3.05, 3.63) is 64.2 Å². The first-order chi connectivity index (χ1) is 13.4. The second-order valence-corrected chi connectivity index (χ2v) is 29.2. The summed E-state index contributed by atoms with van der Waals surface area (Å²) in [6.45, 7) is 28.5. The molecule has 2 aliphatic rings. The third kappa shape index (κ3) is 16.5. The van der Waals surface area contributed by atoms with E-state index in [1.807, 2.05) is 64.2 Å². The Bertz CT molecular complexity index is 359. The van der Waals surface area contributed by atoms with Crippen molar-refractivity contribution in [3.8, 4) is 0 Å². The van der Waals surface area contributed by atoms with E-state index in [1.54, 1.807) is 0 Å². The molecule has 0 spiro atoms. The van der Waals surface area contributed by atoms with E-state index in [-0.39, 0.29) is 26.2 Å². The Balaban J connectivity index is -0.000000348. The van der Waals surface area contributed by atoms with Gasteiger partial charge in [0.2, 0.25) is 0 Å². The zero-order valence-corrected chi connectivity index (χ0v) is 29.4. The van der Waals surface area contributed by atoms with Crippen LogP contribution in [0, 0.1) is 76.0 Å². The molecule has 0 aromatic carbocycles. The summed E-state index contributed by atoms with van der Waals surface area (Å²) in [7, 11) is 4.07. The standard InChI is InChI=1S/2C8H21PSi.2C5H5.Zr/c2*1-7(2)8(3,4)10(5,6)9;2*1-2-4-5-3-1;/h2*7H,9H2,1-6H3;2*1-5H;/q;;;;+2. The Morgan fingerprint density at radius 2 is 0.613 bits per heavy atom. The second-order valence-electron chi connectivity index (χ2n) is 11.1. The van der Waals surface area contributed by atoms with Gasteiger partial charge in [0.05, 0.1) is 15.5 Å². The molecule has 2 rings (SSSR count). The van der Waals surface area contributed by atoms with Crippen LogP contribution in [0.3, 0.4) is 0 Å². The van der Waals surface area contributed by atoms with E-state index in [0.29, 0.717) is 10.1 Å². The molecule has 0 nitrogen and oxygen atoms in total. The molecule has 2 aliphatic carbocycles. The molecule has 10 radical (unpaired) electrons. The van der Waals surface area contributed by atoms with Crippen LogP contribution in [0.5, 0.6) is 0 Å². The molecule has 0 aliphatic heterocycles. The van der Waals surface area contributed by atoms with Crippen molar-refractivity contribution in [3.63, 3.8) is 0 Å². The molecular formula is C26H52P2Si2Zr+2. The monoisotopic (exact) mass is 572 g/mol. The minimum absolute atomic E-state index is 0. The molecule has 0 heterocycles. The normalized spacial score (nSPS) is 17.0. The molecule has 0 amide bonds. The largest absolute Gasteiger partial charge is 2.00 e. The van der Waals surface area contributed by atoms with Gasteiger partial charge in [0.1, 0.15) is 0 Å². The predicted molar refractivity (Wildman–Crippen MR) is 155 cm³/mol. The number of hydrogen-bond acceptors (Lipinski definition) is 0. The van der Waals surface area contributed by atoms with Crippen LogP contribution in [0.4, 0.5) is 0 Å². The van der Waals surface area contributed by atoms with Crippen LogP contribution in [0.1, 0.15) is 55.4 Å². The van der Waals surface area contributed by atoms with Crippen molar-refractivity contribution in [2.75, 3.05) is 0 Å². The van der Waals surface area contributed by atoms with Crippen LogP contribution in [0.2, 0.25) is 36.3 Å². The van der Waals surface area contributed by atoms with Gasteiger partial charge in [-0.15, -0.1) is 17.6 Å². The Hall–Kier alpha value is 2.18. The van der Waals surface area contributed by atoms with Gasteiger partial charge in [0.15, 0.2) is 0 Å². The average molecular weight is 574 g/mol. The fraction of sp³-hybridized carbons (Fsp3) is 0.615. The van der Waals surface area contributed by atoms with Crippen LogP contribution >= 0.6 is 17.6 Å². The quantitative estimate of drug-likeness (QED) is 0.232. The third-order valence-corrected chi connectivity index (χ3v) is 19.6. The maximum Gasteiger partial charge on any atom is 2.00 e. The summed E-state index contributed by atoms with van der Waals surface area (Å²) in [6.07, 6.45) is 20.0. The summed E-state index contributed by atoms with van der Waals surface area (Å²) in [5.74, 6) is 1.60. The van der Waals surface area contributed by atoms with E-state index < -0.39 is 15.5 Å². The van der Waals surface area contributed by atoms with Crippen LogP contribution in [0.25, 0.3) is 0 Å². The fourth-order valence-electron chi connectivity index (χ4n) is 2.13. The van der Waals surface area contributed by atoms with Crippen LogP contribution in [-0.2, 0) is 26.2 Å². The molecule has 176 valence electrons. The molecule has 0 aromatic heterocycles. The van der Waals surface area contributed by atoms with E-state index in [0.717, 1.165) is 11.8 Å². The van der Waals surface area contributed by atoms with Crippen LogP contribution < -0.4 is 0 Å². The first kappa shape index (κ1) is 37.7. The van der Waals surface area contributed by atoms with Gasteiger partial charge >= 0.3 is 26.2 Å². The molecule has 0 aromatic rings. The minimum Gasteiger partial charge on any atom is -0.148 e. The fourth-order valence-corrected chi connectivity index (χ4v) is 7.11. The molecule has 0 saturated heterocycles. The minimum atomic E-state index is -1.03. The summed E-state index contributed by atoms with van der Waals surface area (Å²) in [6, 6.07) is 0. The van der Waals surface area contributed by atoms with Crippen molar-refractivity contribution in [2.24, 2.45) is 11.8 Å². The Kier molecular flexibility index (Phi) is 21.4. The zero-order chi connectivity index (χ0) is 24.2. The van der Waals surface area contributed by atoms with E-state index in [2.05, 4.69) is 99.2 Å². The Morgan fingerprint density at radius 3 is 0.645 bits per heavy atom. The van der Waals surface area contributed by atoms with E-state index in [9.17, 15) is 0 Å². The van der Waals surface area contributed by atoms with Gasteiger partial charge in [0, 0.05) is 0 Å². The molecule has 2 unspecified atom stereocenters. The van der Waals surface area contributed by atoms with Crippen molar-refractivity contribution in [1.29, 1.82) is 0 Å². The summed E-state index contributed by atoms with van der Waals surface area (Å²) >= 11 is 0.